The maximum absolute atomic E-state index is 12.0. The number of carbonyl (C=O) groups excluding carboxylic acids is 1. The fourth-order valence-corrected chi connectivity index (χ4v) is 3.08. The number of ether oxygens (including phenoxy) is 1. The van der Waals surface area contributed by atoms with Gasteiger partial charge in [0, 0.05) is 24.1 Å². The number of nitrogens with zero attached hydrogens (tertiary/aromatic N) is 2. The van der Waals surface area contributed by atoms with Gasteiger partial charge in [-0.1, -0.05) is 11.8 Å². The van der Waals surface area contributed by atoms with Crippen molar-refractivity contribution in [3.05, 3.63) is 36.5 Å². The summed E-state index contributed by atoms with van der Waals surface area (Å²) in [5.74, 6) is 1.35. The van der Waals surface area contributed by atoms with Gasteiger partial charge in [-0.3, -0.25) is 9.69 Å². The second-order valence-corrected chi connectivity index (χ2v) is 5.20. The number of hydrogen-bond acceptors (Lipinski definition) is 4. The standard InChI is InChI=1S/C14H12N2O2S/c1-9(17)16-11-8-10(18-2)5-6-12(11)19-13-4-3-7-15-14(13)16/h3-8H,1-2H3. The molecule has 0 spiro atoms. The molecule has 0 bridgehead atoms. The summed E-state index contributed by atoms with van der Waals surface area (Å²) >= 11 is 1.61. The van der Waals surface area contributed by atoms with Gasteiger partial charge in [-0.2, -0.15) is 0 Å². The highest BCUT2D eigenvalue weighted by atomic mass is 32.2. The Morgan fingerprint density at radius 3 is 2.89 bits per heavy atom. The zero-order valence-electron chi connectivity index (χ0n) is 10.6. The van der Waals surface area contributed by atoms with Crippen molar-refractivity contribution in [1.82, 2.24) is 4.98 Å². The Bertz CT molecular complexity index is 658. The van der Waals surface area contributed by atoms with Crippen LogP contribution in [0.25, 0.3) is 0 Å². The number of carbonyl (C=O) groups is 1. The van der Waals surface area contributed by atoms with Crippen LogP contribution in [0, 0.1) is 0 Å². The molecule has 0 N–H and O–H groups in total. The molecule has 0 fully saturated rings. The largest absolute Gasteiger partial charge is 0.497 e. The maximum Gasteiger partial charge on any atom is 0.229 e. The first-order chi connectivity index (χ1) is 9.20. The van der Waals surface area contributed by atoms with Crippen molar-refractivity contribution in [1.29, 1.82) is 0 Å². The quantitative estimate of drug-likeness (QED) is 0.799. The van der Waals surface area contributed by atoms with E-state index in [1.54, 1.807) is 30.0 Å². The van der Waals surface area contributed by atoms with Gasteiger partial charge in [0.15, 0.2) is 5.82 Å². The Morgan fingerprint density at radius 2 is 2.16 bits per heavy atom. The number of aromatic nitrogens is 1. The van der Waals surface area contributed by atoms with E-state index >= 15 is 0 Å². The molecule has 19 heavy (non-hydrogen) atoms. The summed E-state index contributed by atoms with van der Waals surface area (Å²) in [6.45, 7) is 1.54. The Labute approximate surface area is 115 Å². The predicted octanol–water partition coefficient (Wildman–Crippen LogP) is 3.24. The van der Waals surface area contributed by atoms with Crippen molar-refractivity contribution in [3.8, 4) is 5.75 Å². The van der Waals surface area contributed by atoms with Gasteiger partial charge in [0.05, 0.1) is 17.7 Å². The van der Waals surface area contributed by atoms with Gasteiger partial charge >= 0.3 is 0 Å². The maximum atomic E-state index is 12.0. The van der Waals surface area contributed by atoms with Crippen LogP contribution >= 0.6 is 11.8 Å². The topological polar surface area (TPSA) is 42.4 Å². The Hall–Kier alpha value is -2.01. The molecule has 0 atom stereocenters. The van der Waals surface area contributed by atoms with E-state index in [9.17, 15) is 4.79 Å². The van der Waals surface area contributed by atoms with Gasteiger partial charge < -0.3 is 4.74 Å². The predicted molar refractivity (Wildman–Crippen MR) is 74.2 cm³/mol. The smallest absolute Gasteiger partial charge is 0.229 e. The fourth-order valence-electron chi connectivity index (χ4n) is 2.07. The number of rotatable bonds is 1. The van der Waals surface area contributed by atoms with E-state index in [2.05, 4.69) is 4.98 Å². The number of methoxy groups -OCH3 is 1. The van der Waals surface area contributed by atoms with Crippen molar-refractivity contribution < 1.29 is 9.53 Å². The van der Waals surface area contributed by atoms with Crippen LogP contribution in [0.2, 0.25) is 0 Å². The molecule has 96 valence electrons. The first kappa shape index (κ1) is 12.0. The number of anilines is 2. The fraction of sp³-hybridized carbons (Fsp3) is 0.143. The van der Waals surface area contributed by atoms with E-state index in [4.69, 9.17) is 4.74 Å². The third-order valence-electron chi connectivity index (χ3n) is 2.90. The summed E-state index contributed by atoms with van der Waals surface area (Å²) < 4.78 is 5.23. The molecule has 0 radical (unpaired) electrons. The van der Waals surface area contributed by atoms with E-state index in [0.29, 0.717) is 5.82 Å². The Kier molecular flexibility index (Phi) is 2.91. The lowest BCUT2D eigenvalue weighted by atomic mass is 10.2. The van der Waals surface area contributed by atoms with Crippen molar-refractivity contribution >= 4 is 29.2 Å². The van der Waals surface area contributed by atoms with E-state index in [-0.39, 0.29) is 5.91 Å². The molecule has 0 saturated heterocycles. The lowest BCUT2D eigenvalue weighted by Crippen LogP contribution is -2.26. The molecule has 1 aromatic carbocycles. The highest BCUT2D eigenvalue weighted by Gasteiger charge is 2.27. The monoisotopic (exact) mass is 272 g/mol. The second kappa shape index (κ2) is 4.59. The zero-order valence-corrected chi connectivity index (χ0v) is 11.4. The summed E-state index contributed by atoms with van der Waals surface area (Å²) in [4.78, 5) is 19.9. The molecular weight excluding hydrogens is 260 g/mol. The lowest BCUT2D eigenvalue weighted by molar-refractivity contribution is -0.115. The molecule has 1 aliphatic rings. The SMILES string of the molecule is COc1ccc2c(c1)N(C(C)=O)c1ncccc1S2. The van der Waals surface area contributed by atoms with Crippen LogP contribution in [0.15, 0.2) is 46.3 Å². The van der Waals surface area contributed by atoms with Crippen molar-refractivity contribution in [2.24, 2.45) is 0 Å². The zero-order chi connectivity index (χ0) is 13.4. The van der Waals surface area contributed by atoms with Crippen LogP contribution in [0.4, 0.5) is 11.5 Å². The molecule has 4 nitrogen and oxygen atoms in total. The molecule has 1 aromatic heterocycles. The molecule has 2 heterocycles. The van der Waals surface area contributed by atoms with Crippen LogP contribution < -0.4 is 9.64 Å². The molecule has 3 rings (SSSR count). The van der Waals surface area contributed by atoms with Crippen molar-refractivity contribution in [2.45, 2.75) is 16.7 Å². The normalized spacial score (nSPS) is 12.6. The molecule has 5 heteroatoms. The van der Waals surface area contributed by atoms with Gasteiger partial charge in [0.25, 0.3) is 0 Å². The summed E-state index contributed by atoms with van der Waals surface area (Å²) in [5.41, 5.74) is 0.822. The number of hydrogen-bond donors (Lipinski definition) is 0. The summed E-state index contributed by atoms with van der Waals surface area (Å²) in [7, 11) is 1.61. The molecule has 0 saturated carbocycles. The molecule has 0 unspecified atom stereocenters. The minimum atomic E-state index is -0.0604. The van der Waals surface area contributed by atoms with Crippen LogP contribution in [-0.2, 0) is 4.79 Å². The number of amides is 1. The van der Waals surface area contributed by atoms with Gasteiger partial charge in [-0.25, -0.2) is 4.98 Å². The minimum absolute atomic E-state index is 0.0604. The third kappa shape index (κ3) is 1.96. The summed E-state index contributed by atoms with van der Waals surface area (Å²) in [6.07, 6.45) is 1.69. The number of fused-ring (bicyclic) bond motifs is 2. The van der Waals surface area contributed by atoms with Gasteiger partial charge in [-0.15, -0.1) is 0 Å². The Balaban J connectivity index is 2.21. The second-order valence-electron chi connectivity index (χ2n) is 4.12. The molecule has 0 aliphatic carbocycles. The first-order valence-electron chi connectivity index (χ1n) is 5.82. The molecule has 2 aromatic rings. The highest BCUT2D eigenvalue weighted by Crippen LogP contribution is 2.48. The van der Waals surface area contributed by atoms with E-state index in [1.807, 2.05) is 30.3 Å². The number of pyridine rings is 1. The lowest BCUT2D eigenvalue weighted by Gasteiger charge is -2.29. The first-order valence-corrected chi connectivity index (χ1v) is 6.64. The average molecular weight is 272 g/mol. The molecule has 1 aliphatic heterocycles. The minimum Gasteiger partial charge on any atom is -0.497 e. The third-order valence-corrected chi connectivity index (χ3v) is 4.01. The van der Waals surface area contributed by atoms with E-state index < -0.39 is 0 Å². The molecular formula is C14H12N2O2S. The van der Waals surface area contributed by atoms with Crippen LogP contribution in [-0.4, -0.2) is 18.0 Å². The Morgan fingerprint density at radius 1 is 1.32 bits per heavy atom. The summed E-state index contributed by atoms with van der Waals surface area (Å²) in [6, 6.07) is 9.56. The van der Waals surface area contributed by atoms with Gasteiger partial charge in [-0.05, 0) is 24.3 Å². The van der Waals surface area contributed by atoms with Crippen LogP contribution in [0.5, 0.6) is 5.75 Å². The average Bonchev–Trinajstić information content (AvgIpc) is 2.43. The van der Waals surface area contributed by atoms with E-state index in [0.717, 1.165) is 21.2 Å². The van der Waals surface area contributed by atoms with Crippen LogP contribution in [0.1, 0.15) is 6.92 Å². The van der Waals surface area contributed by atoms with Crippen molar-refractivity contribution in [2.75, 3.05) is 12.0 Å². The van der Waals surface area contributed by atoms with Crippen LogP contribution in [0.3, 0.4) is 0 Å². The van der Waals surface area contributed by atoms with Gasteiger partial charge in [0.2, 0.25) is 5.91 Å². The molecule has 1 amide bonds. The number of benzene rings is 1. The van der Waals surface area contributed by atoms with Gasteiger partial charge in [0.1, 0.15) is 5.75 Å². The van der Waals surface area contributed by atoms with E-state index in [1.165, 1.54) is 6.92 Å². The van der Waals surface area contributed by atoms with Crippen molar-refractivity contribution in [3.63, 3.8) is 0 Å². The summed E-state index contributed by atoms with van der Waals surface area (Å²) in [5, 5.41) is 0. The highest BCUT2D eigenvalue weighted by molar-refractivity contribution is 7.99.